The molecular formula is C12H20ClNOS. The van der Waals surface area contributed by atoms with E-state index in [4.69, 9.17) is 11.6 Å². The lowest BCUT2D eigenvalue weighted by molar-refractivity contribution is -0.125. The molecule has 3 atom stereocenters. The van der Waals surface area contributed by atoms with Crippen LogP contribution in [-0.4, -0.2) is 28.8 Å². The SMILES string of the molecule is O=C(NC1CCCCCC1Cl)C1CCSC1. The number of halogens is 1. The Balaban J connectivity index is 1.84. The van der Waals surface area contributed by atoms with Crippen LogP contribution in [0.25, 0.3) is 0 Å². The average Bonchev–Trinajstić information content (AvgIpc) is 2.73. The zero-order chi connectivity index (χ0) is 11.4. The highest BCUT2D eigenvalue weighted by atomic mass is 35.5. The van der Waals surface area contributed by atoms with Crippen LogP contribution in [0.1, 0.15) is 38.5 Å². The first kappa shape index (κ1) is 12.6. The Morgan fingerprint density at radius 1 is 1.19 bits per heavy atom. The monoisotopic (exact) mass is 261 g/mol. The summed E-state index contributed by atoms with van der Waals surface area (Å²) in [5, 5.41) is 3.31. The molecule has 1 N–H and O–H groups in total. The molecule has 3 unspecified atom stereocenters. The van der Waals surface area contributed by atoms with Crippen molar-refractivity contribution < 1.29 is 4.79 Å². The highest BCUT2D eigenvalue weighted by Crippen LogP contribution is 2.26. The molecule has 0 aromatic carbocycles. The fourth-order valence-corrected chi connectivity index (χ4v) is 4.03. The summed E-state index contributed by atoms with van der Waals surface area (Å²) in [6.45, 7) is 0. The van der Waals surface area contributed by atoms with Gasteiger partial charge in [-0.2, -0.15) is 11.8 Å². The van der Waals surface area contributed by atoms with Gasteiger partial charge in [0.25, 0.3) is 0 Å². The van der Waals surface area contributed by atoms with Crippen molar-refractivity contribution in [1.29, 1.82) is 0 Å². The van der Waals surface area contributed by atoms with Gasteiger partial charge in [0.15, 0.2) is 0 Å². The number of carbonyl (C=O) groups is 1. The van der Waals surface area contributed by atoms with Crippen molar-refractivity contribution in [3.63, 3.8) is 0 Å². The van der Waals surface area contributed by atoms with Gasteiger partial charge < -0.3 is 5.32 Å². The van der Waals surface area contributed by atoms with E-state index in [2.05, 4.69) is 5.32 Å². The molecule has 1 heterocycles. The molecule has 16 heavy (non-hydrogen) atoms. The van der Waals surface area contributed by atoms with Crippen LogP contribution in [0.2, 0.25) is 0 Å². The van der Waals surface area contributed by atoms with Gasteiger partial charge in [-0.25, -0.2) is 0 Å². The molecule has 0 radical (unpaired) electrons. The van der Waals surface area contributed by atoms with Crippen LogP contribution in [0.15, 0.2) is 0 Å². The van der Waals surface area contributed by atoms with E-state index in [1.54, 1.807) is 0 Å². The zero-order valence-corrected chi connectivity index (χ0v) is 11.2. The molecule has 0 spiro atoms. The lowest BCUT2D eigenvalue weighted by atomic mass is 10.0. The van der Waals surface area contributed by atoms with Crippen molar-refractivity contribution in [2.75, 3.05) is 11.5 Å². The molecule has 4 heteroatoms. The average molecular weight is 262 g/mol. The summed E-state index contributed by atoms with van der Waals surface area (Å²) >= 11 is 8.20. The minimum atomic E-state index is 0.139. The molecule has 1 amide bonds. The Morgan fingerprint density at radius 2 is 2.00 bits per heavy atom. The number of thioether (sulfide) groups is 1. The summed E-state index contributed by atoms with van der Waals surface area (Å²) in [4.78, 5) is 12.0. The number of alkyl halides is 1. The Kier molecular flexibility index (Phi) is 4.83. The Morgan fingerprint density at radius 3 is 2.75 bits per heavy atom. The summed E-state index contributed by atoms with van der Waals surface area (Å²) in [5.74, 6) is 2.60. The van der Waals surface area contributed by atoms with Gasteiger partial charge in [-0.05, 0) is 25.0 Å². The van der Waals surface area contributed by atoms with Crippen LogP contribution < -0.4 is 5.32 Å². The molecule has 0 aromatic rings. The Bertz CT molecular complexity index is 243. The summed E-state index contributed by atoms with van der Waals surface area (Å²) in [6.07, 6.45) is 6.81. The number of rotatable bonds is 2. The van der Waals surface area contributed by atoms with Crippen LogP contribution >= 0.6 is 23.4 Å². The molecule has 92 valence electrons. The van der Waals surface area contributed by atoms with E-state index in [-0.39, 0.29) is 23.2 Å². The smallest absolute Gasteiger partial charge is 0.224 e. The van der Waals surface area contributed by atoms with Crippen LogP contribution in [0.3, 0.4) is 0 Å². The number of carbonyl (C=O) groups excluding carboxylic acids is 1. The molecule has 1 saturated carbocycles. The predicted molar refractivity (Wildman–Crippen MR) is 70.1 cm³/mol. The van der Waals surface area contributed by atoms with Crippen LogP contribution in [0.4, 0.5) is 0 Å². The van der Waals surface area contributed by atoms with Crippen molar-refractivity contribution in [2.24, 2.45) is 5.92 Å². The summed E-state index contributed by atoms with van der Waals surface area (Å²) < 4.78 is 0. The molecular weight excluding hydrogens is 242 g/mol. The second kappa shape index (κ2) is 6.15. The topological polar surface area (TPSA) is 29.1 Å². The van der Waals surface area contributed by atoms with E-state index in [0.717, 1.165) is 30.8 Å². The van der Waals surface area contributed by atoms with Gasteiger partial charge in [-0.1, -0.05) is 19.3 Å². The number of nitrogens with one attached hydrogen (secondary N) is 1. The lowest BCUT2D eigenvalue weighted by Gasteiger charge is -2.22. The quantitative estimate of drug-likeness (QED) is 0.612. The summed E-state index contributed by atoms with van der Waals surface area (Å²) in [5.41, 5.74) is 0. The Labute approximate surface area is 107 Å². The molecule has 1 aliphatic heterocycles. The van der Waals surface area contributed by atoms with Gasteiger partial charge in [0, 0.05) is 17.7 Å². The second-order valence-corrected chi connectivity index (χ2v) is 6.54. The second-order valence-electron chi connectivity index (χ2n) is 4.83. The highest BCUT2D eigenvalue weighted by Gasteiger charge is 2.28. The fourth-order valence-electron chi connectivity index (χ4n) is 2.47. The van der Waals surface area contributed by atoms with Crippen LogP contribution in [0, 0.1) is 5.92 Å². The van der Waals surface area contributed by atoms with E-state index in [1.807, 2.05) is 11.8 Å². The highest BCUT2D eigenvalue weighted by molar-refractivity contribution is 7.99. The lowest BCUT2D eigenvalue weighted by Crippen LogP contribution is -2.43. The van der Waals surface area contributed by atoms with Gasteiger partial charge in [0.05, 0.1) is 5.38 Å². The Hall–Kier alpha value is 0.110. The van der Waals surface area contributed by atoms with E-state index < -0.39 is 0 Å². The van der Waals surface area contributed by atoms with E-state index in [0.29, 0.717) is 0 Å². The normalized spacial score (nSPS) is 35.7. The molecule has 2 rings (SSSR count). The molecule has 2 aliphatic rings. The summed E-state index contributed by atoms with van der Waals surface area (Å²) in [7, 11) is 0. The number of amides is 1. The zero-order valence-electron chi connectivity index (χ0n) is 9.58. The first-order valence-corrected chi connectivity index (χ1v) is 7.88. The third kappa shape index (κ3) is 3.30. The molecule has 2 fully saturated rings. The van der Waals surface area contributed by atoms with E-state index in [1.165, 1.54) is 19.3 Å². The van der Waals surface area contributed by atoms with Crippen LogP contribution in [-0.2, 0) is 4.79 Å². The molecule has 1 saturated heterocycles. The first-order chi connectivity index (χ1) is 7.77. The minimum Gasteiger partial charge on any atom is -0.352 e. The molecule has 1 aliphatic carbocycles. The van der Waals surface area contributed by atoms with Crippen molar-refractivity contribution in [1.82, 2.24) is 5.32 Å². The number of hydrogen-bond acceptors (Lipinski definition) is 2. The van der Waals surface area contributed by atoms with Crippen LogP contribution in [0.5, 0.6) is 0 Å². The van der Waals surface area contributed by atoms with E-state index >= 15 is 0 Å². The minimum absolute atomic E-state index is 0.139. The fraction of sp³-hybridized carbons (Fsp3) is 0.917. The maximum absolute atomic E-state index is 12.0. The number of hydrogen-bond donors (Lipinski definition) is 1. The summed E-state index contributed by atoms with van der Waals surface area (Å²) in [6, 6.07) is 0.210. The van der Waals surface area contributed by atoms with Crippen molar-refractivity contribution in [3.05, 3.63) is 0 Å². The maximum atomic E-state index is 12.0. The van der Waals surface area contributed by atoms with Gasteiger partial charge in [-0.15, -0.1) is 11.6 Å². The molecule has 2 nitrogen and oxygen atoms in total. The van der Waals surface area contributed by atoms with Gasteiger partial charge >= 0.3 is 0 Å². The first-order valence-electron chi connectivity index (χ1n) is 6.29. The third-order valence-corrected chi connectivity index (χ3v) is 5.24. The van der Waals surface area contributed by atoms with E-state index in [9.17, 15) is 4.79 Å². The van der Waals surface area contributed by atoms with Gasteiger partial charge in [-0.3, -0.25) is 4.79 Å². The molecule has 0 bridgehead atoms. The van der Waals surface area contributed by atoms with Crippen molar-refractivity contribution in [2.45, 2.75) is 49.9 Å². The standard InChI is InChI=1S/C12H20ClNOS/c13-10-4-2-1-3-5-11(10)14-12(15)9-6-7-16-8-9/h9-11H,1-8H2,(H,14,15). The maximum Gasteiger partial charge on any atom is 0.224 e. The molecule has 0 aromatic heterocycles. The largest absolute Gasteiger partial charge is 0.352 e. The van der Waals surface area contributed by atoms with Crippen molar-refractivity contribution >= 4 is 29.3 Å². The van der Waals surface area contributed by atoms with Gasteiger partial charge in [0.2, 0.25) is 5.91 Å². The van der Waals surface area contributed by atoms with Gasteiger partial charge in [0.1, 0.15) is 0 Å². The third-order valence-electron chi connectivity index (χ3n) is 3.56. The van der Waals surface area contributed by atoms with Crippen molar-refractivity contribution in [3.8, 4) is 0 Å². The predicted octanol–water partition coefficient (Wildman–Crippen LogP) is 2.80.